The van der Waals surface area contributed by atoms with Gasteiger partial charge in [0.25, 0.3) is 0 Å². The van der Waals surface area contributed by atoms with Crippen LogP contribution in [0.15, 0.2) is 48.8 Å². The lowest BCUT2D eigenvalue weighted by atomic mass is 10.1. The van der Waals surface area contributed by atoms with Crippen LogP contribution in [0.4, 0.5) is 20.7 Å². The third kappa shape index (κ3) is 5.09. The fraction of sp³-hybridized carbons (Fsp3) is 0.333. The lowest BCUT2D eigenvalue weighted by Gasteiger charge is -2.34. The first kappa shape index (κ1) is 21.3. The summed E-state index contributed by atoms with van der Waals surface area (Å²) in [6, 6.07) is 11.0. The number of amides is 2. The number of aromatic nitrogens is 3. The van der Waals surface area contributed by atoms with Gasteiger partial charge in [-0.05, 0) is 38.0 Å². The third-order valence-corrected chi connectivity index (χ3v) is 5.69. The molecule has 8 nitrogen and oxygen atoms in total. The number of pyridine rings is 1. The minimum absolute atomic E-state index is 0.150. The zero-order valence-corrected chi connectivity index (χ0v) is 18.3. The van der Waals surface area contributed by atoms with Crippen molar-refractivity contribution in [2.75, 3.05) is 30.0 Å². The number of rotatable bonds is 5. The van der Waals surface area contributed by atoms with Crippen molar-refractivity contribution < 1.29 is 13.9 Å². The molecule has 170 valence electrons. The van der Waals surface area contributed by atoms with Crippen LogP contribution in [0, 0.1) is 5.82 Å². The van der Waals surface area contributed by atoms with Gasteiger partial charge in [0.1, 0.15) is 11.6 Å². The summed E-state index contributed by atoms with van der Waals surface area (Å²) in [6.45, 7) is 4.01. The predicted octanol–water partition coefficient (Wildman–Crippen LogP) is 3.85. The monoisotopic (exact) mass is 448 g/mol. The number of nitrogens with zero attached hydrogens (tertiary/aromatic N) is 4. The number of ether oxygens (including phenoxy) is 1. The molecule has 5 rings (SSSR count). The summed E-state index contributed by atoms with van der Waals surface area (Å²) in [5, 5.41) is 5.75. The van der Waals surface area contributed by atoms with Gasteiger partial charge in [-0.25, -0.2) is 19.2 Å². The van der Waals surface area contributed by atoms with Crippen LogP contribution in [0.5, 0.6) is 0 Å². The van der Waals surface area contributed by atoms with Gasteiger partial charge in [-0.15, -0.1) is 0 Å². The summed E-state index contributed by atoms with van der Waals surface area (Å²) < 4.78 is 19.4. The molecule has 3 aromatic rings. The van der Waals surface area contributed by atoms with E-state index in [1.165, 1.54) is 6.07 Å². The molecule has 1 aromatic carbocycles. The minimum Gasteiger partial charge on any atom is -0.377 e. The summed E-state index contributed by atoms with van der Waals surface area (Å²) >= 11 is 0. The number of hydrogen-bond acceptors (Lipinski definition) is 6. The Labute approximate surface area is 191 Å². The minimum atomic E-state index is -0.442. The van der Waals surface area contributed by atoms with E-state index in [0.29, 0.717) is 48.6 Å². The third-order valence-electron chi connectivity index (χ3n) is 5.69. The average molecular weight is 449 g/mol. The van der Waals surface area contributed by atoms with Gasteiger partial charge in [-0.3, -0.25) is 4.98 Å². The van der Waals surface area contributed by atoms with Crippen molar-refractivity contribution in [3.05, 3.63) is 54.6 Å². The van der Waals surface area contributed by atoms with Crippen LogP contribution in [0.1, 0.15) is 19.8 Å². The van der Waals surface area contributed by atoms with Crippen molar-refractivity contribution >= 4 is 17.5 Å². The van der Waals surface area contributed by atoms with Gasteiger partial charge < -0.3 is 20.3 Å². The largest absolute Gasteiger partial charge is 0.377 e. The number of benzene rings is 1. The lowest BCUT2D eigenvalue weighted by Crippen LogP contribution is -2.44. The Morgan fingerprint density at radius 3 is 2.67 bits per heavy atom. The van der Waals surface area contributed by atoms with Gasteiger partial charge >= 0.3 is 6.03 Å². The zero-order chi connectivity index (χ0) is 22.8. The number of anilines is 2. The molecule has 2 amide bonds. The smallest absolute Gasteiger partial charge is 0.319 e. The van der Waals surface area contributed by atoms with Crippen LogP contribution in [-0.4, -0.2) is 52.8 Å². The Morgan fingerprint density at radius 2 is 1.94 bits per heavy atom. The number of morpholine rings is 1. The van der Waals surface area contributed by atoms with Crippen LogP contribution >= 0.6 is 0 Å². The maximum atomic E-state index is 13.8. The van der Waals surface area contributed by atoms with Crippen molar-refractivity contribution in [2.45, 2.75) is 31.8 Å². The maximum absolute atomic E-state index is 13.8. The molecule has 1 saturated heterocycles. The number of hydrogen-bond donors (Lipinski definition) is 2. The fourth-order valence-electron chi connectivity index (χ4n) is 3.76. The van der Waals surface area contributed by atoms with Crippen molar-refractivity contribution in [3.8, 4) is 22.6 Å². The molecule has 0 radical (unpaired) electrons. The van der Waals surface area contributed by atoms with E-state index in [-0.39, 0.29) is 12.1 Å². The van der Waals surface area contributed by atoms with Crippen LogP contribution in [0.2, 0.25) is 0 Å². The average Bonchev–Trinajstić information content (AvgIpc) is 3.63. The Kier molecular flexibility index (Phi) is 5.87. The molecule has 2 fully saturated rings. The molecule has 9 heteroatoms. The quantitative estimate of drug-likeness (QED) is 0.616. The lowest BCUT2D eigenvalue weighted by molar-refractivity contribution is 0.0985. The first-order chi connectivity index (χ1) is 16.0. The molecule has 1 aliphatic carbocycles. The predicted molar refractivity (Wildman–Crippen MR) is 123 cm³/mol. The number of nitrogens with one attached hydrogen (secondary N) is 2. The number of halogens is 1. The highest BCUT2D eigenvalue weighted by molar-refractivity contribution is 5.90. The number of carbonyl (C=O) groups is 1. The van der Waals surface area contributed by atoms with E-state index in [2.05, 4.69) is 27.4 Å². The zero-order valence-electron chi connectivity index (χ0n) is 18.3. The summed E-state index contributed by atoms with van der Waals surface area (Å²) in [7, 11) is 0. The maximum Gasteiger partial charge on any atom is 0.319 e. The van der Waals surface area contributed by atoms with Gasteiger partial charge in [0, 0.05) is 41.7 Å². The highest BCUT2D eigenvalue weighted by atomic mass is 19.1. The van der Waals surface area contributed by atoms with Gasteiger partial charge in [-0.1, -0.05) is 12.1 Å². The second kappa shape index (κ2) is 9.11. The molecule has 0 spiro atoms. The standard InChI is InChI=1S/C24H25FN6O2/c1-15-14-33-9-8-31(15)22-11-21(29-23(30-22)17-10-18(25)13-26-12-17)16-2-4-19(5-3-16)27-24(32)28-20-6-7-20/h2-5,10-13,15,20H,6-9,14H2,1H3,(H2,27,28,32)/t15-/m0/s1. The molecule has 2 N–H and O–H groups in total. The van der Waals surface area contributed by atoms with Crippen molar-refractivity contribution in [1.29, 1.82) is 0 Å². The van der Waals surface area contributed by atoms with E-state index in [4.69, 9.17) is 14.7 Å². The topological polar surface area (TPSA) is 92.3 Å². The molecule has 0 bridgehead atoms. The van der Waals surface area contributed by atoms with Crippen LogP contribution in [0.3, 0.4) is 0 Å². The highest BCUT2D eigenvalue weighted by Crippen LogP contribution is 2.28. The second-order valence-corrected chi connectivity index (χ2v) is 8.39. The van der Waals surface area contributed by atoms with E-state index in [1.807, 2.05) is 30.3 Å². The fourth-order valence-corrected chi connectivity index (χ4v) is 3.76. The summed E-state index contributed by atoms with van der Waals surface area (Å²) in [5.74, 6) is 0.711. The first-order valence-electron chi connectivity index (χ1n) is 11.1. The molecule has 3 heterocycles. The summed E-state index contributed by atoms with van der Waals surface area (Å²) in [6.07, 6.45) is 4.78. The summed E-state index contributed by atoms with van der Waals surface area (Å²) in [4.78, 5) is 27.5. The molecule has 0 unspecified atom stereocenters. The molecule has 1 atom stereocenters. The van der Waals surface area contributed by atoms with Gasteiger partial charge in [-0.2, -0.15) is 0 Å². The van der Waals surface area contributed by atoms with E-state index in [0.717, 1.165) is 30.4 Å². The van der Waals surface area contributed by atoms with Crippen LogP contribution in [-0.2, 0) is 4.74 Å². The van der Waals surface area contributed by atoms with Gasteiger partial charge in [0.05, 0.1) is 31.1 Å². The normalized spacial score (nSPS) is 18.1. The van der Waals surface area contributed by atoms with Crippen molar-refractivity contribution in [2.24, 2.45) is 0 Å². The molecular weight excluding hydrogens is 423 g/mol. The van der Waals surface area contributed by atoms with E-state index < -0.39 is 5.82 Å². The molecule has 1 aliphatic heterocycles. The Balaban J connectivity index is 1.47. The van der Waals surface area contributed by atoms with Crippen LogP contribution in [0.25, 0.3) is 22.6 Å². The Bertz CT molecular complexity index is 1150. The molecule has 2 aromatic heterocycles. The van der Waals surface area contributed by atoms with E-state index in [1.54, 1.807) is 6.20 Å². The van der Waals surface area contributed by atoms with Gasteiger partial charge in [0.2, 0.25) is 0 Å². The SMILES string of the molecule is C[C@H]1COCCN1c1cc(-c2ccc(NC(=O)NC3CC3)cc2)nc(-c2cncc(F)c2)n1. The second-order valence-electron chi connectivity index (χ2n) is 8.39. The van der Waals surface area contributed by atoms with Crippen LogP contribution < -0.4 is 15.5 Å². The van der Waals surface area contributed by atoms with Gasteiger partial charge in [0.15, 0.2) is 5.82 Å². The molecule has 1 saturated carbocycles. The van der Waals surface area contributed by atoms with E-state index in [9.17, 15) is 9.18 Å². The highest BCUT2D eigenvalue weighted by Gasteiger charge is 2.24. The Hall–Kier alpha value is -3.59. The number of urea groups is 1. The Morgan fingerprint density at radius 1 is 1.12 bits per heavy atom. The van der Waals surface area contributed by atoms with E-state index >= 15 is 0 Å². The van der Waals surface area contributed by atoms with Crippen molar-refractivity contribution in [3.63, 3.8) is 0 Å². The molecule has 2 aliphatic rings. The van der Waals surface area contributed by atoms with Crippen molar-refractivity contribution in [1.82, 2.24) is 20.3 Å². The molecule has 33 heavy (non-hydrogen) atoms. The summed E-state index contributed by atoms with van der Waals surface area (Å²) in [5.41, 5.74) is 2.77. The molecular formula is C24H25FN6O2. The first-order valence-corrected chi connectivity index (χ1v) is 11.1. The number of carbonyl (C=O) groups excluding carboxylic acids is 1.